The van der Waals surface area contributed by atoms with E-state index in [1.807, 2.05) is 36.4 Å². The first kappa shape index (κ1) is 23.1. The number of anilines is 1. The van der Waals surface area contributed by atoms with Crippen LogP contribution in [0.25, 0.3) is 17.2 Å². The molecule has 4 nitrogen and oxygen atoms in total. The van der Waals surface area contributed by atoms with Gasteiger partial charge < -0.3 is 15.0 Å². The molecule has 1 aliphatic rings. The van der Waals surface area contributed by atoms with E-state index in [1.54, 1.807) is 0 Å². The maximum absolute atomic E-state index is 12.2. The Hall–Kier alpha value is -3.09. The molecule has 4 rings (SSSR count). The van der Waals surface area contributed by atoms with Gasteiger partial charge in [-0.25, -0.2) is 0 Å². The maximum Gasteiger partial charge on any atom is 0.263 e. The summed E-state index contributed by atoms with van der Waals surface area (Å²) in [5.41, 5.74) is 5.39. The average molecular weight is 475 g/mol. The molecule has 1 aliphatic heterocycles. The molecule has 1 N–H and O–H groups in total. The van der Waals surface area contributed by atoms with Gasteiger partial charge >= 0.3 is 0 Å². The Morgan fingerprint density at radius 2 is 1.67 bits per heavy atom. The highest BCUT2D eigenvalue weighted by atomic mass is 32.2. The smallest absolute Gasteiger partial charge is 0.263 e. The van der Waals surface area contributed by atoms with Crippen molar-refractivity contribution in [1.29, 1.82) is 0 Å². The molecule has 1 heterocycles. The topological polar surface area (TPSA) is 41.6 Å². The standard InChI is InChI=1S/C27H26N2O2S2/c1-3-29(4-2)23-15-14-22(16-25-26(30)28-27(32)33-25)24(17-23)31-18-19-10-12-21(13-11-19)20-8-6-5-7-9-20/h5-17H,3-4,18H2,1-2H3,(H,28,30,32)/b25-16-. The molecule has 0 bridgehead atoms. The van der Waals surface area contributed by atoms with E-state index >= 15 is 0 Å². The van der Waals surface area contributed by atoms with Crippen LogP contribution < -0.4 is 15.0 Å². The first-order valence-corrected chi connectivity index (χ1v) is 12.2. The Bertz CT molecular complexity index is 1170. The number of benzene rings is 3. The maximum atomic E-state index is 12.2. The quantitative estimate of drug-likeness (QED) is 0.308. The summed E-state index contributed by atoms with van der Waals surface area (Å²) in [7, 11) is 0. The van der Waals surface area contributed by atoms with Gasteiger partial charge in [-0.3, -0.25) is 4.79 Å². The molecule has 0 radical (unpaired) electrons. The van der Waals surface area contributed by atoms with Crippen LogP contribution in [0, 0.1) is 0 Å². The summed E-state index contributed by atoms with van der Waals surface area (Å²) in [6, 6.07) is 24.8. The molecular weight excluding hydrogens is 448 g/mol. The van der Waals surface area contributed by atoms with Crippen LogP contribution in [0.1, 0.15) is 25.0 Å². The number of carbonyl (C=O) groups excluding carboxylic acids is 1. The van der Waals surface area contributed by atoms with Crippen LogP contribution in [-0.4, -0.2) is 23.3 Å². The Morgan fingerprint density at radius 3 is 2.30 bits per heavy atom. The highest BCUT2D eigenvalue weighted by Gasteiger charge is 2.22. The van der Waals surface area contributed by atoms with Crippen molar-refractivity contribution in [2.24, 2.45) is 0 Å². The fourth-order valence-electron chi connectivity index (χ4n) is 3.70. The molecule has 0 aromatic heterocycles. The SMILES string of the molecule is CCN(CC)c1ccc(/C=C2\SC(=S)NC2=O)c(OCc2ccc(-c3ccccc3)cc2)c1. The summed E-state index contributed by atoms with van der Waals surface area (Å²) in [6.07, 6.45) is 1.85. The second-order valence-corrected chi connectivity index (χ2v) is 9.32. The van der Waals surface area contributed by atoms with Gasteiger partial charge in [0.25, 0.3) is 5.91 Å². The number of ether oxygens (including phenoxy) is 1. The van der Waals surface area contributed by atoms with Crippen LogP contribution in [0.2, 0.25) is 0 Å². The Morgan fingerprint density at radius 1 is 0.970 bits per heavy atom. The highest BCUT2D eigenvalue weighted by molar-refractivity contribution is 8.26. The zero-order valence-electron chi connectivity index (χ0n) is 18.7. The van der Waals surface area contributed by atoms with Crippen LogP contribution in [-0.2, 0) is 11.4 Å². The van der Waals surface area contributed by atoms with Gasteiger partial charge in [0, 0.05) is 30.4 Å². The summed E-state index contributed by atoms with van der Waals surface area (Å²) >= 11 is 6.40. The van der Waals surface area contributed by atoms with Crippen molar-refractivity contribution in [1.82, 2.24) is 5.32 Å². The van der Waals surface area contributed by atoms with E-state index in [4.69, 9.17) is 17.0 Å². The lowest BCUT2D eigenvalue weighted by Gasteiger charge is -2.22. The number of thiocarbonyl (C=S) groups is 1. The van der Waals surface area contributed by atoms with E-state index in [0.29, 0.717) is 15.8 Å². The summed E-state index contributed by atoms with van der Waals surface area (Å²) < 4.78 is 6.75. The normalized spacial score (nSPS) is 14.4. The molecule has 0 aliphatic carbocycles. The Balaban J connectivity index is 1.58. The van der Waals surface area contributed by atoms with E-state index in [-0.39, 0.29) is 5.91 Å². The second-order valence-electron chi connectivity index (χ2n) is 7.60. The first-order valence-electron chi connectivity index (χ1n) is 11.0. The molecule has 6 heteroatoms. The average Bonchev–Trinajstić information content (AvgIpc) is 3.17. The fraction of sp³-hybridized carbons (Fsp3) is 0.185. The predicted octanol–water partition coefficient (Wildman–Crippen LogP) is 6.27. The molecule has 1 fully saturated rings. The Labute approximate surface area is 204 Å². The van der Waals surface area contributed by atoms with Gasteiger partial charge in [-0.05, 0) is 48.7 Å². The third kappa shape index (κ3) is 5.64. The van der Waals surface area contributed by atoms with E-state index in [2.05, 4.69) is 66.5 Å². The molecule has 3 aromatic carbocycles. The van der Waals surface area contributed by atoms with Gasteiger partial charge in [0.05, 0.1) is 4.91 Å². The molecule has 0 spiro atoms. The molecule has 168 valence electrons. The first-order chi connectivity index (χ1) is 16.1. The minimum Gasteiger partial charge on any atom is -0.488 e. The van der Waals surface area contributed by atoms with Crippen molar-refractivity contribution in [2.45, 2.75) is 20.5 Å². The summed E-state index contributed by atoms with van der Waals surface area (Å²) in [6.45, 7) is 6.52. The van der Waals surface area contributed by atoms with E-state index < -0.39 is 0 Å². The zero-order valence-corrected chi connectivity index (χ0v) is 20.3. The lowest BCUT2D eigenvalue weighted by molar-refractivity contribution is -0.115. The molecule has 33 heavy (non-hydrogen) atoms. The van der Waals surface area contributed by atoms with E-state index in [9.17, 15) is 4.79 Å². The largest absolute Gasteiger partial charge is 0.488 e. The number of nitrogens with zero attached hydrogens (tertiary/aromatic N) is 1. The fourth-order valence-corrected chi connectivity index (χ4v) is 4.74. The molecule has 0 saturated carbocycles. The molecule has 1 saturated heterocycles. The van der Waals surface area contributed by atoms with Crippen LogP contribution in [0.15, 0.2) is 77.7 Å². The molecule has 0 atom stereocenters. The van der Waals surface area contributed by atoms with Gasteiger partial charge in [-0.1, -0.05) is 78.6 Å². The van der Waals surface area contributed by atoms with Crippen LogP contribution >= 0.6 is 24.0 Å². The highest BCUT2D eigenvalue weighted by Crippen LogP contribution is 2.32. The molecule has 1 amide bonds. The van der Waals surface area contributed by atoms with Gasteiger partial charge in [-0.15, -0.1) is 0 Å². The third-order valence-electron chi connectivity index (χ3n) is 5.51. The van der Waals surface area contributed by atoms with Crippen LogP contribution in [0.4, 0.5) is 5.69 Å². The van der Waals surface area contributed by atoms with E-state index in [0.717, 1.165) is 35.7 Å². The Kier molecular flexibility index (Phi) is 7.47. The predicted molar refractivity (Wildman–Crippen MR) is 143 cm³/mol. The van der Waals surface area contributed by atoms with Crippen molar-refractivity contribution >= 4 is 46.0 Å². The van der Waals surface area contributed by atoms with Gasteiger partial charge in [-0.2, -0.15) is 0 Å². The minimum absolute atomic E-state index is 0.166. The number of carbonyl (C=O) groups is 1. The summed E-state index contributed by atoms with van der Waals surface area (Å²) in [5, 5.41) is 2.67. The van der Waals surface area contributed by atoms with Crippen molar-refractivity contribution in [2.75, 3.05) is 18.0 Å². The lowest BCUT2D eigenvalue weighted by Crippen LogP contribution is -2.21. The molecule has 0 unspecified atom stereocenters. The van der Waals surface area contributed by atoms with Gasteiger partial charge in [0.1, 0.15) is 16.7 Å². The van der Waals surface area contributed by atoms with Crippen molar-refractivity contribution in [3.05, 3.63) is 88.8 Å². The number of thioether (sulfide) groups is 1. The number of hydrogen-bond donors (Lipinski definition) is 1. The number of nitrogens with one attached hydrogen (secondary N) is 1. The second kappa shape index (κ2) is 10.7. The number of amides is 1. The van der Waals surface area contributed by atoms with Gasteiger partial charge in [0.15, 0.2) is 0 Å². The summed E-state index contributed by atoms with van der Waals surface area (Å²) in [4.78, 5) is 15.0. The summed E-state index contributed by atoms with van der Waals surface area (Å²) in [5.74, 6) is 0.575. The van der Waals surface area contributed by atoms with Gasteiger partial charge in [0.2, 0.25) is 0 Å². The minimum atomic E-state index is -0.166. The third-order valence-corrected chi connectivity index (χ3v) is 6.67. The van der Waals surface area contributed by atoms with Crippen molar-refractivity contribution in [3.63, 3.8) is 0 Å². The van der Waals surface area contributed by atoms with Crippen molar-refractivity contribution < 1.29 is 9.53 Å². The molecule has 3 aromatic rings. The monoisotopic (exact) mass is 474 g/mol. The van der Waals surface area contributed by atoms with Crippen LogP contribution in [0.5, 0.6) is 5.75 Å². The number of rotatable bonds is 8. The molecular formula is C27H26N2O2S2. The number of hydrogen-bond acceptors (Lipinski definition) is 5. The van der Waals surface area contributed by atoms with Crippen molar-refractivity contribution in [3.8, 4) is 16.9 Å². The zero-order chi connectivity index (χ0) is 23.2. The van der Waals surface area contributed by atoms with Crippen LogP contribution in [0.3, 0.4) is 0 Å². The lowest BCUT2D eigenvalue weighted by atomic mass is 10.0. The van der Waals surface area contributed by atoms with E-state index in [1.165, 1.54) is 22.9 Å².